The number of piperidine rings is 1. The number of amides is 1. The lowest BCUT2D eigenvalue weighted by molar-refractivity contribution is -0.139. The van der Waals surface area contributed by atoms with Crippen LogP contribution in [0.5, 0.6) is 5.75 Å². The van der Waals surface area contributed by atoms with Gasteiger partial charge in [-0.1, -0.05) is 23.7 Å². The molecule has 1 amide bonds. The van der Waals surface area contributed by atoms with E-state index >= 15 is 0 Å². The Morgan fingerprint density at radius 1 is 1.30 bits per heavy atom. The summed E-state index contributed by atoms with van der Waals surface area (Å²) in [7, 11) is 0. The van der Waals surface area contributed by atoms with Gasteiger partial charge in [0.15, 0.2) is 6.61 Å². The summed E-state index contributed by atoms with van der Waals surface area (Å²) in [6.07, 6.45) is 3.09. The molecule has 0 aromatic heterocycles. The van der Waals surface area contributed by atoms with Gasteiger partial charge in [0.2, 0.25) is 0 Å². The van der Waals surface area contributed by atoms with Gasteiger partial charge in [0.05, 0.1) is 11.1 Å². The molecule has 2 heterocycles. The molecular formula is C15H18ClNO3. The number of rotatable bonds is 3. The van der Waals surface area contributed by atoms with Gasteiger partial charge in [-0.25, -0.2) is 0 Å². The molecule has 108 valence electrons. The second-order valence-corrected chi connectivity index (χ2v) is 5.94. The number of aliphatic hydroxyl groups is 1. The Hall–Kier alpha value is -1.26. The highest BCUT2D eigenvalue weighted by atomic mass is 35.5. The van der Waals surface area contributed by atoms with Crippen LogP contribution in [0.3, 0.4) is 0 Å². The summed E-state index contributed by atoms with van der Waals surface area (Å²) in [5.74, 6) is 0.524. The number of aliphatic hydroxyl groups excluding tert-OH is 1. The normalized spacial score (nSPS) is 28.5. The number of ether oxygens (including phenoxy) is 1. The van der Waals surface area contributed by atoms with E-state index in [1.807, 2.05) is 17.0 Å². The molecule has 3 rings (SSSR count). The maximum Gasteiger partial charge on any atom is 0.261 e. The quantitative estimate of drug-likeness (QED) is 0.930. The van der Waals surface area contributed by atoms with E-state index in [-0.39, 0.29) is 30.7 Å². The number of fused-ring (bicyclic) bond motifs is 2. The molecule has 1 aromatic carbocycles. The van der Waals surface area contributed by atoms with Crippen LogP contribution in [0.15, 0.2) is 24.3 Å². The highest BCUT2D eigenvalue weighted by Gasteiger charge is 2.42. The van der Waals surface area contributed by atoms with E-state index in [1.165, 1.54) is 0 Å². The molecule has 0 radical (unpaired) electrons. The number of hydrogen-bond donors (Lipinski definition) is 1. The molecule has 0 aliphatic carbocycles. The predicted molar refractivity (Wildman–Crippen MR) is 75.8 cm³/mol. The van der Waals surface area contributed by atoms with Crippen LogP contribution in [-0.2, 0) is 4.79 Å². The van der Waals surface area contributed by atoms with E-state index in [9.17, 15) is 9.90 Å². The van der Waals surface area contributed by atoms with Crippen molar-refractivity contribution in [1.29, 1.82) is 0 Å². The smallest absolute Gasteiger partial charge is 0.261 e. The topological polar surface area (TPSA) is 49.8 Å². The summed E-state index contributed by atoms with van der Waals surface area (Å²) in [4.78, 5) is 14.2. The fourth-order valence-electron chi connectivity index (χ4n) is 3.33. The van der Waals surface area contributed by atoms with E-state index in [0.29, 0.717) is 23.6 Å². The average Bonchev–Trinajstić information content (AvgIpc) is 2.70. The Labute approximate surface area is 123 Å². The molecule has 20 heavy (non-hydrogen) atoms. The Morgan fingerprint density at radius 3 is 2.60 bits per heavy atom. The number of benzene rings is 1. The van der Waals surface area contributed by atoms with Crippen LogP contribution in [0, 0.1) is 0 Å². The molecule has 2 aliphatic heterocycles. The van der Waals surface area contributed by atoms with Crippen LogP contribution in [-0.4, -0.2) is 40.7 Å². The maximum absolute atomic E-state index is 12.3. The zero-order chi connectivity index (χ0) is 14.1. The van der Waals surface area contributed by atoms with Gasteiger partial charge in [0.25, 0.3) is 5.91 Å². The maximum atomic E-state index is 12.3. The van der Waals surface area contributed by atoms with Gasteiger partial charge in [-0.05, 0) is 37.8 Å². The van der Waals surface area contributed by atoms with Gasteiger partial charge >= 0.3 is 0 Å². The number of halogens is 1. The molecule has 1 aromatic rings. The molecule has 2 fully saturated rings. The summed E-state index contributed by atoms with van der Waals surface area (Å²) >= 11 is 6.00. The Balaban J connectivity index is 1.62. The molecule has 2 aliphatic rings. The summed E-state index contributed by atoms with van der Waals surface area (Å²) in [5.41, 5.74) is 0. The Morgan fingerprint density at radius 2 is 1.95 bits per heavy atom. The van der Waals surface area contributed by atoms with Crippen molar-refractivity contribution in [3.63, 3.8) is 0 Å². The second-order valence-electron chi connectivity index (χ2n) is 5.53. The van der Waals surface area contributed by atoms with Crippen molar-refractivity contribution in [2.24, 2.45) is 0 Å². The van der Waals surface area contributed by atoms with Crippen molar-refractivity contribution in [1.82, 2.24) is 4.90 Å². The fourth-order valence-corrected chi connectivity index (χ4v) is 3.52. The largest absolute Gasteiger partial charge is 0.482 e. The van der Waals surface area contributed by atoms with Crippen LogP contribution in [0.4, 0.5) is 0 Å². The van der Waals surface area contributed by atoms with Crippen LogP contribution in [0.1, 0.15) is 25.7 Å². The number of para-hydroxylation sites is 1. The fraction of sp³-hybridized carbons (Fsp3) is 0.533. The molecule has 4 nitrogen and oxygen atoms in total. The van der Waals surface area contributed by atoms with E-state index in [0.717, 1.165) is 12.8 Å². The lowest BCUT2D eigenvalue weighted by Crippen LogP contribution is -2.49. The first-order valence-corrected chi connectivity index (χ1v) is 7.39. The van der Waals surface area contributed by atoms with Crippen LogP contribution < -0.4 is 4.74 Å². The Kier molecular flexibility index (Phi) is 3.85. The van der Waals surface area contributed by atoms with Gasteiger partial charge in [-0.15, -0.1) is 0 Å². The first kappa shape index (κ1) is 13.7. The Bertz CT molecular complexity index is 494. The predicted octanol–water partition coefficient (Wildman–Crippen LogP) is 2.23. The molecule has 0 spiro atoms. The van der Waals surface area contributed by atoms with Crippen molar-refractivity contribution in [3.05, 3.63) is 29.3 Å². The summed E-state index contributed by atoms with van der Waals surface area (Å²) < 4.78 is 5.52. The summed E-state index contributed by atoms with van der Waals surface area (Å²) in [6, 6.07) is 7.49. The van der Waals surface area contributed by atoms with E-state index in [1.54, 1.807) is 12.1 Å². The van der Waals surface area contributed by atoms with Crippen molar-refractivity contribution in [3.8, 4) is 5.75 Å². The van der Waals surface area contributed by atoms with Gasteiger partial charge in [0.1, 0.15) is 5.75 Å². The lowest BCUT2D eigenvalue weighted by atomic mass is 10.00. The van der Waals surface area contributed by atoms with Crippen molar-refractivity contribution >= 4 is 17.5 Å². The molecule has 5 heteroatoms. The molecule has 2 atom stereocenters. The SMILES string of the molecule is O=C(COc1ccccc1Cl)N1C2CCC1CC(O)C2. The van der Waals surface area contributed by atoms with E-state index in [4.69, 9.17) is 16.3 Å². The van der Waals surface area contributed by atoms with Crippen molar-refractivity contribution < 1.29 is 14.6 Å². The van der Waals surface area contributed by atoms with Crippen LogP contribution in [0.2, 0.25) is 5.02 Å². The molecule has 0 saturated carbocycles. The van der Waals surface area contributed by atoms with E-state index < -0.39 is 0 Å². The van der Waals surface area contributed by atoms with Crippen molar-refractivity contribution in [2.45, 2.75) is 43.9 Å². The van der Waals surface area contributed by atoms with E-state index in [2.05, 4.69) is 0 Å². The third-order valence-corrected chi connectivity index (χ3v) is 4.50. The first-order valence-electron chi connectivity index (χ1n) is 7.01. The monoisotopic (exact) mass is 295 g/mol. The number of nitrogens with zero attached hydrogens (tertiary/aromatic N) is 1. The standard InChI is InChI=1S/C15H18ClNO3/c16-13-3-1-2-4-14(13)20-9-15(19)17-10-5-6-11(17)8-12(18)7-10/h1-4,10-12,18H,5-9H2. The highest BCUT2D eigenvalue weighted by molar-refractivity contribution is 6.32. The average molecular weight is 296 g/mol. The van der Waals surface area contributed by atoms with Gasteiger partial charge in [0, 0.05) is 12.1 Å². The van der Waals surface area contributed by atoms with Gasteiger partial charge in [-0.3, -0.25) is 4.79 Å². The molecule has 2 saturated heterocycles. The molecule has 1 N–H and O–H groups in total. The summed E-state index contributed by atoms with van der Waals surface area (Å²) in [5, 5.41) is 10.3. The minimum atomic E-state index is -0.263. The number of carbonyl (C=O) groups excluding carboxylic acids is 1. The second kappa shape index (κ2) is 5.62. The molecule has 2 bridgehead atoms. The highest BCUT2D eigenvalue weighted by Crippen LogP contribution is 2.35. The van der Waals surface area contributed by atoms with Gasteiger partial charge in [-0.2, -0.15) is 0 Å². The third-order valence-electron chi connectivity index (χ3n) is 4.18. The lowest BCUT2D eigenvalue weighted by Gasteiger charge is -2.37. The zero-order valence-electron chi connectivity index (χ0n) is 11.2. The number of carbonyl (C=O) groups is 1. The number of hydrogen-bond acceptors (Lipinski definition) is 3. The first-order chi connectivity index (χ1) is 9.65. The molecule has 2 unspecified atom stereocenters. The zero-order valence-corrected chi connectivity index (χ0v) is 11.9. The van der Waals surface area contributed by atoms with Crippen molar-refractivity contribution in [2.75, 3.05) is 6.61 Å². The minimum absolute atomic E-state index is 0.00677. The van der Waals surface area contributed by atoms with Crippen LogP contribution >= 0.6 is 11.6 Å². The minimum Gasteiger partial charge on any atom is -0.482 e. The van der Waals surface area contributed by atoms with Crippen LogP contribution in [0.25, 0.3) is 0 Å². The summed E-state index contributed by atoms with van der Waals surface area (Å²) in [6.45, 7) is 0.00677. The molecular weight excluding hydrogens is 278 g/mol. The third kappa shape index (κ3) is 2.63. The van der Waals surface area contributed by atoms with Gasteiger partial charge < -0.3 is 14.7 Å².